The van der Waals surface area contributed by atoms with E-state index in [1.807, 2.05) is 68.0 Å². The van der Waals surface area contributed by atoms with Gasteiger partial charge in [0.25, 0.3) is 0 Å². The van der Waals surface area contributed by atoms with Crippen molar-refractivity contribution >= 4 is 254 Å². The maximum Gasteiger partial charge on any atom is 0.0640 e. The lowest BCUT2D eigenvalue weighted by Gasteiger charge is -2.10. The third-order valence-corrected chi connectivity index (χ3v) is 32.5. The van der Waals surface area contributed by atoms with Crippen molar-refractivity contribution < 1.29 is 0 Å². The lowest BCUT2D eigenvalue weighted by Crippen LogP contribution is -1.94. The van der Waals surface area contributed by atoms with E-state index in [0.717, 1.165) is 0 Å². The fraction of sp³-hybridized carbons (Fsp3) is 0.0526. The molecule has 0 saturated heterocycles. The number of hydrogen-bond acceptors (Lipinski definition) is 6. The Morgan fingerprint density at radius 2 is 0.431 bits per heavy atom. The molecule has 0 fully saturated rings. The zero-order valence-electron chi connectivity index (χ0n) is 68.2. The molecule has 123 heavy (non-hydrogen) atoms. The van der Waals surface area contributed by atoms with Crippen LogP contribution in [0, 0.1) is 41.5 Å². The Kier molecular flexibility index (Phi) is 16.6. The van der Waals surface area contributed by atoms with E-state index in [0.29, 0.717) is 0 Å². The molecule has 0 radical (unpaired) electrons. The summed E-state index contributed by atoms with van der Waals surface area (Å²) in [6.07, 6.45) is 0. The molecule has 0 spiro atoms. The molecule has 9 aromatic heterocycles. The molecule has 0 unspecified atom stereocenters. The summed E-state index contributed by atoms with van der Waals surface area (Å²) in [5.41, 5.74) is 26.9. The second-order valence-corrected chi connectivity index (χ2v) is 39.7. The number of nitrogens with zero attached hydrogens (tertiary/aromatic N) is 3. The summed E-state index contributed by atoms with van der Waals surface area (Å²) < 4.78 is 23.5. The van der Waals surface area contributed by atoms with E-state index in [9.17, 15) is 0 Å². The van der Waals surface area contributed by atoms with Gasteiger partial charge >= 0.3 is 0 Å². The van der Waals surface area contributed by atoms with Gasteiger partial charge in [0.2, 0.25) is 0 Å². The topological polar surface area (TPSA) is 14.8 Å². The van der Waals surface area contributed by atoms with Gasteiger partial charge in [-0.2, -0.15) is 0 Å². The third-order valence-electron chi connectivity index (χ3n) is 25.5. The van der Waals surface area contributed by atoms with Crippen molar-refractivity contribution in [3.63, 3.8) is 0 Å². The lowest BCUT2D eigenvalue weighted by atomic mass is 9.95. The summed E-state index contributed by atoms with van der Waals surface area (Å²) in [6, 6.07) is 129. The second-order valence-electron chi connectivity index (χ2n) is 33.3. The Balaban J connectivity index is 0.000000101. The van der Waals surface area contributed by atoms with Gasteiger partial charge in [-0.15, -0.1) is 68.0 Å². The molecule has 27 rings (SSSR count). The van der Waals surface area contributed by atoms with E-state index >= 15 is 0 Å². The first-order chi connectivity index (χ1) is 60.4. The largest absolute Gasteiger partial charge is 0.308 e. The Morgan fingerprint density at radius 1 is 0.163 bits per heavy atom. The van der Waals surface area contributed by atoms with E-state index in [4.69, 9.17) is 0 Å². The maximum atomic E-state index is 2.48. The summed E-state index contributed by atoms with van der Waals surface area (Å²) in [5.74, 6) is 0. The van der Waals surface area contributed by atoms with E-state index in [1.165, 1.54) is 270 Å². The average molecular weight is 1680 g/mol. The molecule has 0 amide bonds. The quantitative estimate of drug-likeness (QED) is 0.158. The summed E-state index contributed by atoms with van der Waals surface area (Å²) in [5, 5.41) is 24.0. The fourth-order valence-corrected chi connectivity index (χ4v) is 27.1. The number of hydrogen-bond donors (Lipinski definition) is 0. The molecule has 3 nitrogen and oxygen atoms in total. The SMILES string of the molecule is Cc1ccc2c(c1)c1cc(C)ccc1n2-c1cccc2c1sc1cccc(-c3ccc4c(c3)sc3ccccc34)c12.Cc1ccc2c(c1)c1cc(C)ccc1n2-c1cccc2c1sc1cccc(-c3ccc4sc5ccccc5c4c3)c12.Cc1ccc2c(c1)c1cc(C)ccc1n2-c1cccc2c1sc1cccc(-c3cccc4sc5ccccc5c34)c12. The smallest absolute Gasteiger partial charge is 0.0640 e. The van der Waals surface area contributed by atoms with E-state index < -0.39 is 0 Å². The van der Waals surface area contributed by atoms with Gasteiger partial charge in [0.1, 0.15) is 0 Å². The number of thiophene rings is 6. The van der Waals surface area contributed by atoms with Gasteiger partial charge in [-0.3, -0.25) is 0 Å². The molecule has 0 N–H and O–H groups in total. The van der Waals surface area contributed by atoms with Crippen molar-refractivity contribution in [3.05, 3.63) is 379 Å². The second kappa shape index (κ2) is 28.1. The third kappa shape index (κ3) is 11.4. The number of benzene rings is 18. The fourth-order valence-electron chi connectivity index (χ4n) is 20.1. The summed E-state index contributed by atoms with van der Waals surface area (Å²) >= 11 is 11.4. The van der Waals surface area contributed by atoms with Crippen molar-refractivity contribution in [2.45, 2.75) is 41.5 Å². The standard InChI is InChI=1S/3C38H25NS2/c1-22-16-18-30-28(20-22)29-21-23(2)17-19-31(29)39(30)32-12-5-11-27-37-25(10-7-15-35(37)41-38(27)32)24-9-6-14-34-36(24)26-8-3-4-13-33(26)40-34;1-22-13-17-31-29(19-22)30-20-23(2)14-18-32(30)39(31)33-10-5-9-28-37-25(8-6-12-35(37)41-38(28)33)24-15-16-27-26-7-3-4-11-34(26)40-36(27)21-24;1-22-13-16-31-28(19-22)29-20-23(2)14-17-32(29)39(31)33-10-5-9-27-37-25(8-6-12-36(37)41-38(27)33)24-15-18-35-30(21-24)26-7-3-4-11-34(26)40-35/h3*3-21H,1-2H3. The van der Waals surface area contributed by atoms with Crippen LogP contribution in [0.1, 0.15) is 33.4 Å². The van der Waals surface area contributed by atoms with Crippen molar-refractivity contribution in [1.29, 1.82) is 0 Å². The molecule has 9 heteroatoms. The molecule has 27 aromatic rings. The number of aryl methyl sites for hydroxylation is 6. The first kappa shape index (κ1) is 72.5. The van der Waals surface area contributed by atoms with Gasteiger partial charge in [-0.1, -0.05) is 228 Å². The van der Waals surface area contributed by atoms with Crippen LogP contribution in [0.4, 0.5) is 0 Å². The molecule has 0 aliphatic heterocycles. The van der Waals surface area contributed by atoms with Gasteiger partial charge in [0, 0.05) is 139 Å². The highest BCUT2D eigenvalue weighted by molar-refractivity contribution is 7.28. The molecule has 0 saturated carbocycles. The average Bonchev–Trinajstić information content (AvgIpc) is 1.57. The molecular weight excluding hydrogens is 1600 g/mol. The Bertz CT molecular complexity index is 9000. The van der Waals surface area contributed by atoms with Gasteiger partial charge in [-0.05, 0) is 227 Å². The van der Waals surface area contributed by atoms with Crippen molar-refractivity contribution in [1.82, 2.24) is 13.7 Å². The molecule has 582 valence electrons. The molecule has 18 aromatic carbocycles. The van der Waals surface area contributed by atoms with Gasteiger partial charge in [-0.25, -0.2) is 0 Å². The van der Waals surface area contributed by atoms with Gasteiger partial charge in [0.15, 0.2) is 0 Å². The van der Waals surface area contributed by atoms with Crippen LogP contribution in [0.3, 0.4) is 0 Å². The molecule has 0 aliphatic rings. The Morgan fingerprint density at radius 3 is 0.837 bits per heavy atom. The first-order valence-corrected chi connectivity index (χ1v) is 47.0. The molecule has 0 bridgehead atoms. The van der Waals surface area contributed by atoms with Crippen LogP contribution in [0.2, 0.25) is 0 Å². The summed E-state index contributed by atoms with van der Waals surface area (Å²) in [7, 11) is 0. The number of aromatic nitrogens is 3. The minimum absolute atomic E-state index is 1.25. The monoisotopic (exact) mass is 1680 g/mol. The van der Waals surface area contributed by atoms with Gasteiger partial charge in [0.05, 0.1) is 64.3 Å². The minimum Gasteiger partial charge on any atom is -0.308 e. The van der Waals surface area contributed by atoms with Crippen LogP contribution >= 0.6 is 68.0 Å². The van der Waals surface area contributed by atoms with Crippen molar-refractivity contribution in [3.8, 4) is 50.4 Å². The highest BCUT2D eigenvalue weighted by Gasteiger charge is 2.25. The number of fused-ring (bicyclic) bond motifs is 27. The van der Waals surface area contributed by atoms with Crippen LogP contribution in [0.25, 0.3) is 237 Å². The lowest BCUT2D eigenvalue weighted by molar-refractivity contribution is 1.20. The van der Waals surface area contributed by atoms with Gasteiger partial charge < -0.3 is 13.7 Å². The van der Waals surface area contributed by atoms with Crippen LogP contribution in [-0.2, 0) is 0 Å². The predicted octanol–water partition coefficient (Wildman–Crippen LogP) is 35.4. The minimum atomic E-state index is 1.25. The van der Waals surface area contributed by atoms with Crippen LogP contribution in [0.15, 0.2) is 346 Å². The van der Waals surface area contributed by atoms with E-state index in [2.05, 4.69) is 401 Å². The van der Waals surface area contributed by atoms with Crippen LogP contribution < -0.4 is 0 Å². The molecule has 0 atom stereocenters. The predicted molar refractivity (Wildman–Crippen MR) is 544 cm³/mol. The Labute approximate surface area is 732 Å². The zero-order valence-corrected chi connectivity index (χ0v) is 73.1. The van der Waals surface area contributed by atoms with Crippen LogP contribution in [-0.4, -0.2) is 13.7 Å². The number of rotatable bonds is 6. The summed E-state index contributed by atoms with van der Waals surface area (Å²) in [4.78, 5) is 0. The first-order valence-electron chi connectivity index (χ1n) is 42.1. The molecule has 9 heterocycles. The zero-order chi connectivity index (χ0) is 81.7. The van der Waals surface area contributed by atoms with Crippen molar-refractivity contribution in [2.75, 3.05) is 0 Å². The maximum absolute atomic E-state index is 2.48. The van der Waals surface area contributed by atoms with E-state index in [-0.39, 0.29) is 0 Å². The highest BCUT2D eigenvalue weighted by Crippen LogP contribution is 2.52. The highest BCUT2D eigenvalue weighted by atomic mass is 32.1. The molecular formula is C114H75N3S6. The molecule has 0 aliphatic carbocycles. The summed E-state index contributed by atoms with van der Waals surface area (Å²) in [6.45, 7) is 13.1. The Hall–Kier alpha value is -13.3. The van der Waals surface area contributed by atoms with Crippen LogP contribution in [0.5, 0.6) is 0 Å². The normalized spacial score (nSPS) is 12.1. The van der Waals surface area contributed by atoms with Crippen molar-refractivity contribution in [2.24, 2.45) is 0 Å². The van der Waals surface area contributed by atoms with E-state index in [1.54, 1.807) is 0 Å².